The molecule has 1 aliphatic rings. The van der Waals surface area contributed by atoms with Gasteiger partial charge < -0.3 is 25.2 Å². The largest absolute Gasteiger partial charge is 0.484 e. The number of halogens is 1. The van der Waals surface area contributed by atoms with E-state index in [4.69, 9.17) is 20.6 Å². The average molecular weight is 562 g/mol. The maximum atomic E-state index is 13.4. The smallest absolute Gasteiger partial charge is 0.144 e. The van der Waals surface area contributed by atoms with Crippen LogP contribution >= 0.6 is 12.8 Å². The van der Waals surface area contributed by atoms with Crippen LogP contribution in [0, 0.1) is 11.2 Å². The molecule has 1 saturated heterocycles. The summed E-state index contributed by atoms with van der Waals surface area (Å²) in [6.45, 7) is 3.32. The van der Waals surface area contributed by atoms with E-state index in [1.807, 2.05) is 24.0 Å². The van der Waals surface area contributed by atoms with Gasteiger partial charge in [-0.05, 0) is 49.6 Å². The Bertz CT molecular complexity index is 1500. The molecule has 0 bridgehead atoms. The third-order valence-electron chi connectivity index (χ3n) is 7.12. The summed E-state index contributed by atoms with van der Waals surface area (Å²) in [7, 11) is 1.80. The summed E-state index contributed by atoms with van der Waals surface area (Å²) in [5.74, 6) is 0.405. The van der Waals surface area contributed by atoms with Crippen LogP contribution in [0.4, 0.5) is 21.6 Å². The Kier molecular flexibility index (Phi) is 8.22. The van der Waals surface area contributed by atoms with Gasteiger partial charge in [0.1, 0.15) is 23.5 Å². The van der Waals surface area contributed by atoms with E-state index in [-0.39, 0.29) is 29.5 Å². The normalized spacial score (nSPS) is 14.5. The molecule has 3 heterocycles. The average Bonchev–Trinajstić information content (AvgIpc) is 3.47. The number of nitrogen functional groups attached to an aromatic ring is 1. The summed E-state index contributed by atoms with van der Waals surface area (Å²) in [5.41, 5.74) is 11.4. The van der Waals surface area contributed by atoms with Gasteiger partial charge >= 0.3 is 0 Å². The zero-order valence-electron chi connectivity index (χ0n) is 22.3. The van der Waals surface area contributed by atoms with E-state index >= 15 is 0 Å². The topological polar surface area (TPSA) is 123 Å². The highest BCUT2D eigenvalue weighted by Gasteiger charge is 2.22. The van der Waals surface area contributed by atoms with E-state index in [1.165, 1.54) is 12.1 Å². The number of benzene rings is 2. The van der Waals surface area contributed by atoms with Crippen molar-refractivity contribution in [2.75, 3.05) is 36.0 Å². The number of anilines is 3. The quantitative estimate of drug-likeness (QED) is 0.128. The Morgan fingerprint density at radius 2 is 1.95 bits per heavy atom. The van der Waals surface area contributed by atoms with Gasteiger partial charge in [-0.1, -0.05) is 31.0 Å². The minimum Gasteiger partial charge on any atom is -0.484 e. The molecule has 40 heavy (non-hydrogen) atoms. The highest BCUT2D eigenvalue weighted by molar-refractivity contribution is 7.81. The summed E-state index contributed by atoms with van der Waals surface area (Å²) < 4.78 is 29.9. The van der Waals surface area contributed by atoms with Crippen LogP contribution in [0.2, 0.25) is 0 Å². The SMILES string of the molecule is CNc1c(-c2cnn(C3CCOCC3)c2)cnc(N)c1C(=N)c1ccc(NS)c(OC(C)c2ccc(F)cc2)c1. The summed E-state index contributed by atoms with van der Waals surface area (Å²) in [5, 5.41) is 17.0. The third kappa shape index (κ3) is 5.61. The highest BCUT2D eigenvalue weighted by atomic mass is 32.1. The van der Waals surface area contributed by atoms with Crippen molar-refractivity contribution in [1.29, 1.82) is 5.41 Å². The van der Waals surface area contributed by atoms with Crippen LogP contribution in [-0.4, -0.2) is 40.7 Å². The number of nitrogens with zero attached hydrogens (tertiary/aromatic N) is 3. The van der Waals surface area contributed by atoms with Gasteiger partial charge in [0.25, 0.3) is 0 Å². The fourth-order valence-electron chi connectivity index (χ4n) is 4.89. The summed E-state index contributed by atoms with van der Waals surface area (Å²) >= 11 is 4.21. The van der Waals surface area contributed by atoms with Gasteiger partial charge in [-0.2, -0.15) is 5.10 Å². The molecule has 2 aromatic carbocycles. The number of hydrogen-bond acceptors (Lipinski definition) is 9. The zero-order valence-corrected chi connectivity index (χ0v) is 23.2. The fourth-order valence-corrected chi connectivity index (χ4v) is 5.07. The Morgan fingerprint density at radius 1 is 1.20 bits per heavy atom. The number of rotatable bonds is 9. The number of ether oxygens (including phenoxy) is 2. The molecular weight excluding hydrogens is 529 g/mol. The van der Waals surface area contributed by atoms with E-state index < -0.39 is 0 Å². The maximum Gasteiger partial charge on any atom is 0.144 e. The maximum absolute atomic E-state index is 13.4. The van der Waals surface area contributed by atoms with Crippen molar-refractivity contribution in [1.82, 2.24) is 14.8 Å². The van der Waals surface area contributed by atoms with Crippen molar-refractivity contribution < 1.29 is 13.9 Å². The molecule has 2 aromatic heterocycles. The summed E-state index contributed by atoms with van der Waals surface area (Å²) in [4.78, 5) is 4.44. The van der Waals surface area contributed by atoms with Gasteiger partial charge in [-0.15, -0.1) is 0 Å². The third-order valence-corrected chi connectivity index (χ3v) is 7.36. The van der Waals surface area contributed by atoms with Gasteiger partial charge in [0.05, 0.1) is 34.9 Å². The molecule has 1 atom stereocenters. The molecule has 4 aromatic rings. The standard InChI is InChI=1S/C29H32FN7O2S/c1-17(18-3-6-21(30)7-4-18)39-25-13-19(5-8-24(25)36-40)27(31)26-28(33-2)23(15-34-29(26)32)20-14-35-37(16-20)22-9-11-38-12-10-22/h3-8,13-17,22,31,36,40H,9-12H2,1-2H3,(H3,32,33,34). The molecule has 5 N–H and O–H groups in total. The van der Waals surface area contributed by atoms with Crippen LogP contribution in [0.5, 0.6) is 5.75 Å². The molecule has 1 unspecified atom stereocenters. The monoisotopic (exact) mass is 561 g/mol. The number of pyridine rings is 1. The van der Waals surface area contributed by atoms with Gasteiger partial charge in [0, 0.05) is 49.3 Å². The van der Waals surface area contributed by atoms with Crippen LogP contribution < -0.4 is 20.5 Å². The molecule has 5 rings (SSSR count). The number of aromatic nitrogens is 3. The number of nitrogens with two attached hydrogens (primary N) is 1. The molecule has 0 radical (unpaired) electrons. The minimum atomic E-state index is -0.374. The lowest BCUT2D eigenvalue weighted by Crippen LogP contribution is -2.19. The second-order valence-electron chi connectivity index (χ2n) is 9.62. The van der Waals surface area contributed by atoms with Gasteiger partial charge in [0.2, 0.25) is 0 Å². The van der Waals surface area contributed by atoms with Crippen LogP contribution in [0.1, 0.15) is 48.6 Å². The predicted molar refractivity (Wildman–Crippen MR) is 159 cm³/mol. The number of nitrogens with one attached hydrogen (secondary N) is 3. The fraction of sp³-hybridized carbons (Fsp3) is 0.276. The molecule has 11 heteroatoms. The van der Waals surface area contributed by atoms with E-state index in [0.29, 0.717) is 28.3 Å². The first-order valence-electron chi connectivity index (χ1n) is 13.0. The lowest BCUT2D eigenvalue weighted by molar-refractivity contribution is 0.0662. The van der Waals surface area contributed by atoms with E-state index in [1.54, 1.807) is 43.6 Å². The molecule has 0 amide bonds. The highest BCUT2D eigenvalue weighted by Crippen LogP contribution is 2.37. The second-order valence-corrected chi connectivity index (χ2v) is 9.84. The summed E-state index contributed by atoms with van der Waals surface area (Å²) in [6, 6.07) is 11.8. The Balaban J connectivity index is 1.47. The van der Waals surface area contributed by atoms with Crippen molar-refractivity contribution in [2.24, 2.45) is 0 Å². The molecular formula is C29H32FN7O2S. The first-order chi connectivity index (χ1) is 19.4. The van der Waals surface area contributed by atoms with Crippen molar-refractivity contribution in [3.05, 3.63) is 83.6 Å². The van der Waals surface area contributed by atoms with Crippen molar-refractivity contribution in [3.8, 4) is 16.9 Å². The Hall–Kier alpha value is -4.09. The van der Waals surface area contributed by atoms with Crippen LogP contribution in [0.25, 0.3) is 11.1 Å². The molecule has 9 nitrogen and oxygen atoms in total. The Labute approximate surface area is 238 Å². The molecule has 0 spiro atoms. The van der Waals surface area contributed by atoms with Gasteiger partial charge in [0.15, 0.2) is 0 Å². The molecule has 0 saturated carbocycles. The molecule has 1 fully saturated rings. The van der Waals surface area contributed by atoms with E-state index in [0.717, 1.165) is 42.7 Å². The van der Waals surface area contributed by atoms with Crippen LogP contribution in [0.15, 0.2) is 61.1 Å². The predicted octanol–water partition coefficient (Wildman–Crippen LogP) is 5.87. The van der Waals surface area contributed by atoms with Crippen LogP contribution in [-0.2, 0) is 4.74 Å². The van der Waals surface area contributed by atoms with Gasteiger partial charge in [-0.25, -0.2) is 9.37 Å². The molecule has 208 valence electrons. The van der Waals surface area contributed by atoms with E-state index in [9.17, 15) is 4.39 Å². The molecule has 1 aliphatic heterocycles. The van der Waals surface area contributed by atoms with Crippen molar-refractivity contribution >= 4 is 35.7 Å². The van der Waals surface area contributed by atoms with E-state index in [2.05, 4.69) is 32.9 Å². The first kappa shape index (κ1) is 27.5. The number of hydrogen-bond donors (Lipinski definition) is 5. The minimum absolute atomic E-state index is 0.179. The first-order valence-corrected chi connectivity index (χ1v) is 13.5. The zero-order chi connectivity index (χ0) is 28.2. The summed E-state index contributed by atoms with van der Waals surface area (Å²) in [6.07, 6.45) is 6.98. The van der Waals surface area contributed by atoms with Crippen LogP contribution in [0.3, 0.4) is 0 Å². The van der Waals surface area contributed by atoms with Crippen molar-refractivity contribution in [2.45, 2.75) is 31.9 Å². The Morgan fingerprint density at radius 3 is 2.65 bits per heavy atom. The molecule has 0 aliphatic carbocycles. The van der Waals surface area contributed by atoms with Gasteiger partial charge in [-0.3, -0.25) is 10.1 Å². The second kappa shape index (κ2) is 12.0. The number of thiol groups is 1. The lowest BCUT2D eigenvalue weighted by atomic mass is 9.97. The van der Waals surface area contributed by atoms with Crippen molar-refractivity contribution in [3.63, 3.8) is 0 Å². The lowest BCUT2D eigenvalue weighted by Gasteiger charge is -2.22.